The van der Waals surface area contributed by atoms with Crippen molar-refractivity contribution >= 4 is 20.2 Å². The molecule has 12 heteroatoms. The molecule has 10 nitrogen and oxygen atoms in total. The molecule has 0 aliphatic rings. The summed E-state index contributed by atoms with van der Waals surface area (Å²) in [6.45, 7) is 7.33. The molecule has 0 spiro atoms. The van der Waals surface area contributed by atoms with Crippen LogP contribution in [0.3, 0.4) is 0 Å². The maximum Gasteiger partial charge on any atom is 0.169 e. The first kappa shape index (κ1) is 66.0. The number of nitrogens with zero attached hydrogens (tertiary/aromatic N) is 2. The lowest BCUT2D eigenvalue weighted by Gasteiger charge is -2.05. The highest BCUT2D eigenvalue weighted by Crippen LogP contribution is 2.17. The minimum absolute atomic E-state index is 0.191. The van der Waals surface area contributed by atoms with E-state index in [1.54, 1.807) is 0 Å². The number of aryl methyl sites for hydroxylation is 2. The third kappa shape index (κ3) is 49.0. The fourth-order valence-corrected chi connectivity index (χ4v) is 9.53. The molecular formula is C56H104N2O8S2. The fraction of sp³-hybridized carbons (Fsp3) is 0.821. The highest BCUT2D eigenvalue weighted by atomic mass is 32.2. The van der Waals surface area contributed by atoms with E-state index in [1.165, 1.54) is 204 Å². The topological polar surface area (TPSA) is 163 Å². The van der Waals surface area contributed by atoms with Gasteiger partial charge in [-0.2, -0.15) is 0 Å². The molecule has 0 saturated heterocycles. The monoisotopic (exact) mass is 997 g/mol. The summed E-state index contributed by atoms with van der Waals surface area (Å²) in [6, 6.07) is 8.98. The summed E-state index contributed by atoms with van der Waals surface area (Å²) >= 11 is 0. The number of aromatic nitrogens is 2. The van der Waals surface area contributed by atoms with Crippen molar-refractivity contribution in [3.63, 3.8) is 0 Å². The molecule has 0 aliphatic carbocycles. The van der Waals surface area contributed by atoms with Gasteiger partial charge in [-0.05, 0) is 49.7 Å². The minimum Gasteiger partial charge on any atom is -0.748 e. The molecule has 0 aromatic carbocycles. The average Bonchev–Trinajstić information content (AvgIpc) is 3.31. The molecule has 2 aromatic rings. The quantitative estimate of drug-likeness (QED) is 0.0376. The van der Waals surface area contributed by atoms with Crippen LogP contribution < -0.4 is 9.13 Å². The second-order valence-corrected chi connectivity index (χ2v) is 22.4. The molecule has 0 atom stereocenters. The summed E-state index contributed by atoms with van der Waals surface area (Å²) in [5, 5.41) is 17.6. The molecule has 0 radical (unpaired) electrons. The van der Waals surface area contributed by atoms with Crippen molar-refractivity contribution < 1.29 is 45.3 Å². The standard InChI is InChI=1S/C32H54N2O2.2C12H26O3S/c35-29-17-13-9-5-1-3-7-11-15-23-33-25-19-31(20-26-33)32-21-27-34(28-22-32)24-16-12-8-4-2-6-10-14-18-30-36;2*1-2-3-4-5-6-7-8-9-10-11-12-16(13,14)15/h19-22,25-28,35-36H,1-18,23-24,29-30H2;2*2-12H2,1H3,(H,13,14,15)/q+2;;/p-2. The van der Waals surface area contributed by atoms with Gasteiger partial charge in [-0.1, -0.05) is 206 Å². The SMILES string of the molecule is CCCCCCCCCCCCS(=O)(=O)[O-].CCCCCCCCCCCCS(=O)(=O)[O-].OCCCCCCCCCCC[n+]1ccc(-c2cc[n+](CCCCCCCCCCCO)cc2)cc1. The molecule has 2 aromatic heterocycles. The van der Waals surface area contributed by atoms with Crippen LogP contribution in [0.1, 0.15) is 258 Å². The molecule has 0 aliphatic heterocycles. The van der Waals surface area contributed by atoms with Crippen molar-refractivity contribution in [2.45, 2.75) is 271 Å². The van der Waals surface area contributed by atoms with E-state index in [0.29, 0.717) is 26.1 Å². The highest BCUT2D eigenvalue weighted by Gasteiger charge is 2.07. The third-order valence-electron chi connectivity index (χ3n) is 12.8. The van der Waals surface area contributed by atoms with Crippen LogP contribution in [0.4, 0.5) is 0 Å². The van der Waals surface area contributed by atoms with Gasteiger partial charge in [0.25, 0.3) is 0 Å². The predicted octanol–water partition coefficient (Wildman–Crippen LogP) is 13.8. The second-order valence-electron chi connectivity index (χ2n) is 19.3. The van der Waals surface area contributed by atoms with Gasteiger partial charge in [-0.15, -0.1) is 0 Å². The summed E-state index contributed by atoms with van der Waals surface area (Å²) in [7, 11) is -7.96. The van der Waals surface area contributed by atoms with E-state index in [0.717, 1.165) is 51.6 Å². The Morgan fingerprint density at radius 2 is 0.544 bits per heavy atom. The third-order valence-corrected chi connectivity index (χ3v) is 14.3. The Hall–Kier alpha value is -1.96. The highest BCUT2D eigenvalue weighted by molar-refractivity contribution is 7.85. The lowest BCUT2D eigenvalue weighted by Crippen LogP contribution is -2.33. The van der Waals surface area contributed by atoms with Gasteiger partial charge in [0.2, 0.25) is 0 Å². The van der Waals surface area contributed by atoms with Gasteiger partial charge < -0.3 is 19.3 Å². The molecule has 0 amide bonds. The van der Waals surface area contributed by atoms with E-state index in [9.17, 15) is 25.9 Å². The van der Waals surface area contributed by atoms with E-state index in [-0.39, 0.29) is 11.5 Å². The number of aliphatic hydroxyl groups is 2. The molecule has 68 heavy (non-hydrogen) atoms. The molecule has 2 rings (SSSR count). The summed E-state index contributed by atoms with van der Waals surface area (Å²) in [5.74, 6) is -0.382. The molecule has 0 saturated carbocycles. The first-order chi connectivity index (χ1) is 33.0. The Morgan fingerprint density at radius 3 is 0.765 bits per heavy atom. The fourth-order valence-electron chi connectivity index (χ4n) is 8.42. The summed E-state index contributed by atoms with van der Waals surface area (Å²) in [6.07, 6.45) is 54.5. The van der Waals surface area contributed by atoms with Gasteiger partial charge >= 0.3 is 0 Å². The molecule has 2 N–H and O–H groups in total. The van der Waals surface area contributed by atoms with Crippen molar-refractivity contribution in [1.82, 2.24) is 0 Å². The van der Waals surface area contributed by atoms with E-state index in [1.807, 2.05) is 0 Å². The van der Waals surface area contributed by atoms with Crippen LogP contribution >= 0.6 is 0 Å². The Morgan fingerprint density at radius 1 is 0.338 bits per heavy atom. The lowest BCUT2D eigenvalue weighted by atomic mass is 10.1. The Balaban J connectivity index is 0.00000116. The summed E-state index contributed by atoms with van der Waals surface area (Å²) in [5.41, 5.74) is 2.58. The lowest BCUT2D eigenvalue weighted by molar-refractivity contribution is -0.697. The number of aliphatic hydroxyl groups excluding tert-OH is 2. The summed E-state index contributed by atoms with van der Waals surface area (Å²) in [4.78, 5) is 0. The van der Waals surface area contributed by atoms with Crippen LogP contribution in [0.25, 0.3) is 11.1 Å². The maximum absolute atomic E-state index is 10.3. The second kappa shape index (κ2) is 48.7. The van der Waals surface area contributed by atoms with Gasteiger partial charge in [-0.25, -0.2) is 26.0 Å². The number of hydrogen-bond acceptors (Lipinski definition) is 8. The number of rotatable bonds is 45. The van der Waals surface area contributed by atoms with E-state index in [2.05, 4.69) is 72.0 Å². The molecule has 2 heterocycles. The molecule has 0 bridgehead atoms. The zero-order valence-corrected chi connectivity index (χ0v) is 45.4. The largest absolute Gasteiger partial charge is 0.748 e. The van der Waals surface area contributed by atoms with Crippen LogP contribution in [0.2, 0.25) is 0 Å². The zero-order chi connectivity index (χ0) is 50.1. The van der Waals surface area contributed by atoms with Crippen molar-refractivity contribution in [2.75, 3.05) is 24.7 Å². The first-order valence-corrected chi connectivity index (χ1v) is 31.2. The average molecular weight is 998 g/mol. The van der Waals surface area contributed by atoms with Gasteiger partial charge in [0, 0.05) is 61.8 Å². The van der Waals surface area contributed by atoms with Gasteiger partial charge in [0.1, 0.15) is 13.1 Å². The van der Waals surface area contributed by atoms with Gasteiger partial charge in [0.05, 0.1) is 20.2 Å². The number of pyridine rings is 2. The predicted molar refractivity (Wildman–Crippen MR) is 282 cm³/mol. The first-order valence-electron chi connectivity index (χ1n) is 28.0. The van der Waals surface area contributed by atoms with Crippen molar-refractivity contribution in [3.05, 3.63) is 49.1 Å². The number of hydrogen-bond donors (Lipinski definition) is 2. The maximum atomic E-state index is 10.3. The Bertz CT molecular complexity index is 1440. The molecule has 0 fully saturated rings. The molecule has 398 valence electrons. The van der Waals surface area contributed by atoms with Gasteiger partial charge in [-0.3, -0.25) is 0 Å². The van der Waals surface area contributed by atoms with E-state index < -0.39 is 20.2 Å². The van der Waals surface area contributed by atoms with Crippen molar-refractivity contribution in [1.29, 1.82) is 0 Å². The van der Waals surface area contributed by atoms with Crippen LogP contribution in [0.5, 0.6) is 0 Å². The summed E-state index contributed by atoms with van der Waals surface area (Å²) < 4.78 is 66.5. The molecule has 0 unspecified atom stereocenters. The van der Waals surface area contributed by atoms with Gasteiger partial charge in [0.15, 0.2) is 24.8 Å². The van der Waals surface area contributed by atoms with E-state index >= 15 is 0 Å². The number of unbranched alkanes of at least 4 members (excludes halogenated alkanes) is 34. The van der Waals surface area contributed by atoms with Crippen LogP contribution in [-0.2, 0) is 33.3 Å². The smallest absolute Gasteiger partial charge is 0.169 e. The van der Waals surface area contributed by atoms with Crippen molar-refractivity contribution in [2.24, 2.45) is 0 Å². The van der Waals surface area contributed by atoms with Crippen LogP contribution in [-0.4, -0.2) is 60.9 Å². The van der Waals surface area contributed by atoms with Crippen LogP contribution in [0, 0.1) is 0 Å². The Labute approximate surface area is 419 Å². The Kier molecular flexibility index (Phi) is 47.3. The zero-order valence-electron chi connectivity index (χ0n) is 43.8. The van der Waals surface area contributed by atoms with Crippen LogP contribution in [0.15, 0.2) is 49.1 Å². The molecular weight excluding hydrogens is 893 g/mol. The van der Waals surface area contributed by atoms with Crippen molar-refractivity contribution in [3.8, 4) is 11.1 Å². The minimum atomic E-state index is -3.98. The van der Waals surface area contributed by atoms with E-state index in [4.69, 9.17) is 10.2 Å². The normalized spacial score (nSPS) is 11.6.